The SMILES string of the molecule is O=C(NCc1ccc(S(=O)(=O)Nc2ccc3c(c2)OCO3)s1)c1ccccc1. The second-order valence-corrected chi connectivity index (χ2v) is 9.02. The van der Waals surface area contributed by atoms with Gasteiger partial charge in [-0.05, 0) is 36.4 Å². The molecule has 9 heteroatoms. The number of rotatable bonds is 6. The number of amides is 1. The van der Waals surface area contributed by atoms with Gasteiger partial charge in [-0.1, -0.05) is 18.2 Å². The maximum atomic E-state index is 12.6. The minimum atomic E-state index is -3.74. The molecule has 28 heavy (non-hydrogen) atoms. The molecule has 1 aliphatic heterocycles. The molecular weight excluding hydrogens is 400 g/mol. The second kappa shape index (κ2) is 7.53. The summed E-state index contributed by atoms with van der Waals surface area (Å²) in [5.41, 5.74) is 0.938. The largest absolute Gasteiger partial charge is 0.454 e. The standard InChI is InChI=1S/C19H16N2O5S2/c22-19(13-4-2-1-3-5-13)20-11-15-7-9-18(27-15)28(23,24)21-14-6-8-16-17(10-14)26-12-25-16/h1-10,21H,11-12H2,(H,20,22). The molecule has 0 fully saturated rings. The van der Waals surface area contributed by atoms with E-state index in [0.717, 1.165) is 16.2 Å². The van der Waals surface area contributed by atoms with Crippen LogP contribution in [0.1, 0.15) is 15.2 Å². The van der Waals surface area contributed by atoms with Crippen molar-refractivity contribution in [3.8, 4) is 11.5 Å². The van der Waals surface area contributed by atoms with Gasteiger partial charge in [-0.25, -0.2) is 8.42 Å². The van der Waals surface area contributed by atoms with Crippen molar-refractivity contribution in [3.05, 3.63) is 71.1 Å². The van der Waals surface area contributed by atoms with Crippen LogP contribution in [0, 0.1) is 0 Å². The molecule has 1 aliphatic rings. The van der Waals surface area contributed by atoms with Crippen LogP contribution < -0.4 is 19.5 Å². The lowest BCUT2D eigenvalue weighted by molar-refractivity contribution is 0.0951. The Kier molecular flexibility index (Phi) is 4.93. The molecule has 0 spiro atoms. The van der Waals surface area contributed by atoms with Gasteiger partial charge in [-0.2, -0.15) is 0 Å². The van der Waals surface area contributed by atoms with E-state index < -0.39 is 10.0 Å². The second-order valence-electron chi connectivity index (χ2n) is 5.94. The van der Waals surface area contributed by atoms with Crippen molar-refractivity contribution in [2.75, 3.05) is 11.5 Å². The van der Waals surface area contributed by atoms with Gasteiger partial charge in [0, 0.05) is 16.5 Å². The van der Waals surface area contributed by atoms with Crippen molar-refractivity contribution in [1.82, 2.24) is 5.32 Å². The third kappa shape index (κ3) is 3.95. The number of thiophene rings is 1. The molecule has 0 atom stereocenters. The first-order chi connectivity index (χ1) is 13.5. The van der Waals surface area contributed by atoms with Gasteiger partial charge < -0.3 is 14.8 Å². The molecule has 2 aromatic carbocycles. The molecule has 3 aromatic rings. The summed E-state index contributed by atoms with van der Waals surface area (Å²) in [6, 6.07) is 16.9. The molecule has 2 heterocycles. The van der Waals surface area contributed by atoms with E-state index in [9.17, 15) is 13.2 Å². The summed E-state index contributed by atoms with van der Waals surface area (Å²) in [6.45, 7) is 0.368. The number of ether oxygens (including phenoxy) is 2. The lowest BCUT2D eigenvalue weighted by Crippen LogP contribution is -2.22. The first-order valence-corrected chi connectivity index (χ1v) is 10.7. The predicted octanol–water partition coefficient (Wildman–Crippen LogP) is 3.21. The molecule has 0 aliphatic carbocycles. The van der Waals surface area contributed by atoms with Crippen LogP contribution in [0.4, 0.5) is 5.69 Å². The molecule has 0 radical (unpaired) electrons. The van der Waals surface area contributed by atoms with Crippen molar-refractivity contribution in [2.45, 2.75) is 10.8 Å². The summed E-state index contributed by atoms with van der Waals surface area (Å²) in [4.78, 5) is 12.8. The fourth-order valence-electron chi connectivity index (χ4n) is 2.62. The zero-order valence-corrected chi connectivity index (χ0v) is 16.2. The molecule has 0 unspecified atom stereocenters. The Morgan fingerprint density at radius 3 is 2.61 bits per heavy atom. The van der Waals surface area contributed by atoms with Gasteiger partial charge in [0.05, 0.1) is 12.2 Å². The number of hydrogen-bond acceptors (Lipinski definition) is 6. The Morgan fingerprint density at radius 1 is 1.00 bits per heavy atom. The Bertz CT molecular complexity index is 1110. The van der Waals surface area contributed by atoms with Gasteiger partial charge in [0.2, 0.25) is 6.79 Å². The lowest BCUT2D eigenvalue weighted by atomic mass is 10.2. The summed E-state index contributed by atoms with van der Waals surface area (Å²) in [5, 5.41) is 2.78. The minimum absolute atomic E-state index is 0.120. The molecule has 7 nitrogen and oxygen atoms in total. The highest BCUT2D eigenvalue weighted by atomic mass is 32.2. The monoisotopic (exact) mass is 416 g/mol. The van der Waals surface area contributed by atoms with E-state index in [0.29, 0.717) is 22.7 Å². The maximum Gasteiger partial charge on any atom is 0.271 e. The van der Waals surface area contributed by atoms with Crippen LogP contribution in [0.5, 0.6) is 11.5 Å². The number of anilines is 1. The van der Waals surface area contributed by atoms with Gasteiger partial charge in [0.25, 0.3) is 15.9 Å². The maximum absolute atomic E-state index is 12.6. The van der Waals surface area contributed by atoms with E-state index in [1.165, 1.54) is 6.07 Å². The number of hydrogen-bond donors (Lipinski definition) is 2. The third-order valence-corrected chi connectivity index (χ3v) is 6.94. The number of benzene rings is 2. The number of carbonyl (C=O) groups is 1. The van der Waals surface area contributed by atoms with E-state index in [-0.39, 0.29) is 23.5 Å². The van der Waals surface area contributed by atoms with Crippen molar-refractivity contribution in [2.24, 2.45) is 0 Å². The Balaban J connectivity index is 1.42. The fraction of sp³-hybridized carbons (Fsp3) is 0.105. The van der Waals surface area contributed by atoms with Gasteiger partial charge in [-0.3, -0.25) is 9.52 Å². The third-order valence-electron chi connectivity index (χ3n) is 3.99. The van der Waals surface area contributed by atoms with Crippen LogP contribution in [0.3, 0.4) is 0 Å². The van der Waals surface area contributed by atoms with Crippen molar-refractivity contribution >= 4 is 33.0 Å². The smallest absolute Gasteiger partial charge is 0.271 e. The molecule has 2 N–H and O–H groups in total. The zero-order chi connectivity index (χ0) is 19.6. The number of fused-ring (bicyclic) bond motifs is 1. The van der Waals surface area contributed by atoms with Gasteiger partial charge in [0.1, 0.15) is 4.21 Å². The summed E-state index contributed by atoms with van der Waals surface area (Å²) in [5.74, 6) is 0.864. The summed E-state index contributed by atoms with van der Waals surface area (Å²) in [6.07, 6.45) is 0. The fourth-order valence-corrected chi connectivity index (χ4v) is 4.97. The van der Waals surface area contributed by atoms with E-state index in [2.05, 4.69) is 10.0 Å². The highest BCUT2D eigenvalue weighted by molar-refractivity contribution is 7.94. The van der Waals surface area contributed by atoms with Crippen LogP contribution in [-0.2, 0) is 16.6 Å². The van der Waals surface area contributed by atoms with Crippen LogP contribution in [0.25, 0.3) is 0 Å². The first kappa shape index (κ1) is 18.3. The molecule has 1 amide bonds. The van der Waals surface area contributed by atoms with Crippen molar-refractivity contribution in [3.63, 3.8) is 0 Å². The highest BCUT2D eigenvalue weighted by Gasteiger charge is 2.20. The van der Waals surface area contributed by atoms with Gasteiger partial charge in [0.15, 0.2) is 11.5 Å². The lowest BCUT2D eigenvalue weighted by Gasteiger charge is -2.07. The normalized spacial score (nSPS) is 12.6. The average molecular weight is 416 g/mol. The van der Waals surface area contributed by atoms with Crippen molar-refractivity contribution in [1.29, 1.82) is 0 Å². The number of nitrogens with one attached hydrogen (secondary N) is 2. The Hall–Kier alpha value is -3.04. The first-order valence-electron chi connectivity index (χ1n) is 8.36. The zero-order valence-electron chi connectivity index (χ0n) is 14.5. The quantitative estimate of drug-likeness (QED) is 0.644. The summed E-state index contributed by atoms with van der Waals surface area (Å²) < 4.78 is 38.4. The topological polar surface area (TPSA) is 93.7 Å². The number of carbonyl (C=O) groups excluding carboxylic acids is 1. The van der Waals surface area contributed by atoms with E-state index >= 15 is 0 Å². The average Bonchev–Trinajstić information content (AvgIpc) is 3.36. The molecule has 144 valence electrons. The molecule has 0 bridgehead atoms. The van der Waals surface area contributed by atoms with Crippen LogP contribution in [0.15, 0.2) is 64.9 Å². The molecule has 4 rings (SSSR count). The highest BCUT2D eigenvalue weighted by Crippen LogP contribution is 2.35. The van der Waals surface area contributed by atoms with E-state index in [1.807, 2.05) is 6.07 Å². The number of sulfonamides is 1. The summed E-state index contributed by atoms with van der Waals surface area (Å²) in [7, 11) is -3.74. The van der Waals surface area contributed by atoms with E-state index in [4.69, 9.17) is 9.47 Å². The molecular formula is C19H16N2O5S2. The molecule has 1 aromatic heterocycles. The summed E-state index contributed by atoms with van der Waals surface area (Å²) >= 11 is 1.10. The molecule has 0 saturated heterocycles. The van der Waals surface area contributed by atoms with Crippen LogP contribution in [0.2, 0.25) is 0 Å². The van der Waals surface area contributed by atoms with E-state index in [1.54, 1.807) is 48.5 Å². The predicted molar refractivity (Wildman–Crippen MR) is 105 cm³/mol. The van der Waals surface area contributed by atoms with Crippen LogP contribution in [-0.4, -0.2) is 21.1 Å². The Labute approximate surface area is 166 Å². The Morgan fingerprint density at radius 2 is 1.79 bits per heavy atom. The van der Waals surface area contributed by atoms with Crippen LogP contribution >= 0.6 is 11.3 Å². The van der Waals surface area contributed by atoms with Gasteiger partial charge in [-0.15, -0.1) is 11.3 Å². The van der Waals surface area contributed by atoms with Gasteiger partial charge >= 0.3 is 0 Å². The molecule has 0 saturated carbocycles. The van der Waals surface area contributed by atoms with Crippen molar-refractivity contribution < 1.29 is 22.7 Å². The minimum Gasteiger partial charge on any atom is -0.454 e.